The maximum atomic E-state index is 12.2. The van der Waals surface area contributed by atoms with Gasteiger partial charge in [-0.05, 0) is 23.8 Å². The van der Waals surface area contributed by atoms with Crippen LogP contribution in [0, 0.1) is 0 Å². The van der Waals surface area contributed by atoms with Crippen LogP contribution in [0.5, 0.6) is 5.75 Å². The Labute approximate surface area is 190 Å². The fraction of sp³-hybridized carbons (Fsp3) is 0.364. The Morgan fingerprint density at radius 1 is 1.00 bits per heavy atom. The first kappa shape index (κ1) is 24.7. The summed E-state index contributed by atoms with van der Waals surface area (Å²) < 4.78 is 5.15. The van der Waals surface area contributed by atoms with E-state index in [-0.39, 0.29) is 35.3 Å². The Bertz CT molecular complexity index is 794. The second-order valence-electron chi connectivity index (χ2n) is 7.09. The molecule has 0 saturated carbocycles. The molecule has 0 atom stereocenters. The minimum Gasteiger partial charge on any atom is -0.497 e. The fourth-order valence-electron chi connectivity index (χ4n) is 2.74. The van der Waals surface area contributed by atoms with Crippen LogP contribution in [-0.2, 0) is 5.41 Å². The Hall–Kier alpha value is -2.29. The van der Waals surface area contributed by atoms with Gasteiger partial charge in [0.2, 0.25) is 0 Å². The van der Waals surface area contributed by atoms with Crippen molar-refractivity contribution in [2.24, 2.45) is 4.99 Å². The Morgan fingerprint density at radius 2 is 1.69 bits per heavy atom. The average molecular weight is 510 g/mol. The van der Waals surface area contributed by atoms with Crippen molar-refractivity contribution >= 4 is 35.8 Å². The summed E-state index contributed by atoms with van der Waals surface area (Å²) in [4.78, 5) is 16.4. The van der Waals surface area contributed by atoms with Crippen molar-refractivity contribution in [1.29, 1.82) is 0 Å². The minimum absolute atomic E-state index is 0. The third-order valence-corrected chi connectivity index (χ3v) is 4.51. The molecule has 0 saturated heterocycles. The molecule has 0 heterocycles. The summed E-state index contributed by atoms with van der Waals surface area (Å²) in [7, 11) is 3.32. The largest absolute Gasteiger partial charge is 0.497 e. The minimum atomic E-state index is -0.131. The lowest BCUT2D eigenvalue weighted by atomic mass is 9.85. The molecule has 1 amide bonds. The van der Waals surface area contributed by atoms with E-state index in [0.717, 1.165) is 6.54 Å². The monoisotopic (exact) mass is 510 g/mol. The van der Waals surface area contributed by atoms with Crippen molar-refractivity contribution in [2.45, 2.75) is 19.3 Å². The molecule has 6 nitrogen and oxygen atoms in total. The highest BCUT2D eigenvalue weighted by atomic mass is 127. The molecular formula is C22H31IN4O2. The number of amides is 1. The zero-order chi connectivity index (χ0) is 20.4. The van der Waals surface area contributed by atoms with E-state index in [0.29, 0.717) is 30.4 Å². The molecule has 2 rings (SSSR count). The molecule has 2 aromatic rings. The number of carbonyl (C=O) groups is 1. The van der Waals surface area contributed by atoms with E-state index < -0.39 is 0 Å². The molecule has 3 N–H and O–H groups in total. The lowest BCUT2D eigenvalue weighted by Crippen LogP contribution is -2.45. The maximum absolute atomic E-state index is 12.2. The van der Waals surface area contributed by atoms with Crippen LogP contribution in [0.4, 0.5) is 0 Å². The Balaban J connectivity index is 0.00000420. The van der Waals surface area contributed by atoms with Gasteiger partial charge in [0.15, 0.2) is 5.96 Å². The van der Waals surface area contributed by atoms with Gasteiger partial charge in [-0.1, -0.05) is 50.2 Å². The van der Waals surface area contributed by atoms with Gasteiger partial charge in [-0.25, -0.2) is 0 Å². The van der Waals surface area contributed by atoms with E-state index >= 15 is 0 Å². The molecule has 0 aliphatic carbocycles. The molecule has 158 valence electrons. The standard InChI is InChI=1S/C22H30N4O2.HI/c1-22(2,18-10-6-5-7-11-18)16-26-21(23-3)25-14-13-24-20(27)17-9-8-12-19(15-17)28-4;/h5-12,15H,13-14,16H2,1-4H3,(H,24,27)(H2,23,25,26);1H. The molecule has 29 heavy (non-hydrogen) atoms. The number of rotatable bonds is 8. The van der Waals surface area contributed by atoms with Gasteiger partial charge in [0, 0.05) is 37.7 Å². The molecular weight excluding hydrogens is 479 g/mol. The van der Waals surface area contributed by atoms with Crippen molar-refractivity contribution in [2.75, 3.05) is 33.8 Å². The van der Waals surface area contributed by atoms with Crippen LogP contribution >= 0.6 is 24.0 Å². The van der Waals surface area contributed by atoms with Gasteiger partial charge < -0.3 is 20.7 Å². The van der Waals surface area contributed by atoms with Crippen LogP contribution in [-0.4, -0.2) is 45.7 Å². The first-order chi connectivity index (χ1) is 13.5. The van der Waals surface area contributed by atoms with Crippen molar-refractivity contribution in [3.63, 3.8) is 0 Å². The molecule has 0 aliphatic heterocycles. The predicted molar refractivity (Wildman–Crippen MR) is 130 cm³/mol. The van der Waals surface area contributed by atoms with Crippen LogP contribution in [0.3, 0.4) is 0 Å². The Morgan fingerprint density at radius 3 is 2.34 bits per heavy atom. The smallest absolute Gasteiger partial charge is 0.251 e. The maximum Gasteiger partial charge on any atom is 0.251 e. The highest BCUT2D eigenvalue weighted by Gasteiger charge is 2.20. The third kappa shape index (κ3) is 7.92. The molecule has 0 radical (unpaired) electrons. The van der Waals surface area contributed by atoms with Gasteiger partial charge in [0.1, 0.15) is 5.75 Å². The van der Waals surface area contributed by atoms with Gasteiger partial charge in [-0.15, -0.1) is 24.0 Å². The van der Waals surface area contributed by atoms with Crippen LogP contribution in [0.15, 0.2) is 59.6 Å². The molecule has 0 fully saturated rings. The van der Waals surface area contributed by atoms with Crippen LogP contribution in [0.2, 0.25) is 0 Å². The molecule has 2 aromatic carbocycles. The number of halogens is 1. The second-order valence-corrected chi connectivity index (χ2v) is 7.09. The summed E-state index contributed by atoms with van der Waals surface area (Å²) in [6.45, 7) is 6.18. The average Bonchev–Trinajstić information content (AvgIpc) is 2.73. The van der Waals surface area contributed by atoms with Gasteiger partial charge in [0.05, 0.1) is 7.11 Å². The number of hydrogen-bond acceptors (Lipinski definition) is 3. The number of benzene rings is 2. The lowest BCUT2D eigenvalue weighted by molar-refractivity contribution is 0.0954. The molecule has 0 aromatic heterocycles. The van der Waals surface area contributed by atoms with E-state index in [1.807, 2.05) is 12.1 Å². The number of guanidine groups is 1. The molecule has 0 bridgehead atoms. The van der Waals surface area contributed by atoms with E-state index in [9.17, 15) is 4.79 Å². The summed E-state index contributed by atoms with van der Waals surface area (Å²) in [6.07, 6.45) is 0. The topological polar surface area (TPSA) is 74.8 Å². The summed E-state index contributed by atoms with van der Waals surface area (Å²) in [6, 6.07) is 17.5. The second kappa shape index (κ2) is 12.3. The number of aliphatic imine (C=N–C) groups is 1. The highest BCUT2D eigenvalue weighted by Crippen LogP contribution is 2.21. The van der Waals surface area contributed by atoms with Crippen LogP contribution in [0.1, 0.15) is 29.8 Å². The summed E-state index contributed by atoms with van der Waals surface area (Å²) in [5.74, 6) is 1.24. The number of ether oxygens (including phenoxy) is 1. The SMILES string of the molecule is CN=C(NCCNC(=O)c1cccc(OC)c1)NCC(C)(C)c1ccccc1.I. The van der Waals surface area contributed by atoms with Crippen molar-refractivity contribution < 1.29 is 9.53 Å². The van der Waals surface area contributed by atoms with Gasteiger partial charge in [0.25, 0.3) is 5.91 Å². The molecule has 0 unspecified atom stereocenters. The third-order valence-electron chi connectivity index (χ3n) is 4.51. The summed E-state index contributed by atoms with van der Waals surface area (Å²) >= 11 is 0. The Kier molecular flexibility index (Phi) is 10.5. The van der Waals surface area contributed by atoms with Crippen LogP contribution in [0.25, 0.3) is 0 Å². The van der Waals surface area contributed by atoms with E-state index in [1.54, 1.807) is 32.4 Å². The number of hydrogen-bond donors (Lipinski definition) is 3. The lowest BCUT2D eigenvalue weighted by Gasteiger charge is -2.26. The van der Waals surface area contributed by atoms with Crippen molar-refractivity contribution in [3.8, 4) is 5.75 Å². The zero-order valence-corrected chi connectivity index (χ0v) is 19.8. The van der Waals surface area contributed by atoms with E-state index in [4.69, 9.17) is 4.74 Å². The van der Waals surface area contributed by atoms with Gasteiger partial charge >= 0.3 is 0 Å². The van der Waals surface area contributed by atoms with E-state index in [1.165, 1.54) is 5.56 Å². The van der Waals surface area contributed by atoms with Crippen molar-refractivity contribution in [1.82, 2.24) is 16.0 Å². The molecule has 0 spiro atoms. The summed E-state index contributed by atoms with van der Waals surface area (Å²) in [5, 5.41) is 9.46. The zero-order valence-electron chi connectivity index (χ0n) is 17.5. The number of methoxy groups -OCH3 is 1. The first-order valence-electron chi connectivity index (χ1n) is 9.38. The fourth-order valence-corrected chi connectivity index (χ4v) is 2.74. The predicted octanol–water partition coefficient (Wildman–Crippen LogP) is 3.19. The summed E-state index contributed by atoms with van der Waals surface area (Å²) in [5.41, 5.74) is 1.81. The number of nitrogens with one attached hydrogen (secondary N) is 3. The van der Waals surface area contributed by atoms with Gasteiger partial charge in [-0.2, -0.15) is 0 Å². The number of nitrogens with zero attached hydrogens (tertiary/aromatic N) is 1. The van der Waals surface area contributed by atoms with E-state index in [2.05, 4.69) is 59.1 Å². The molecule has 7 heteroatoms. The quantitative estimate of drug-likeness (QED) is 0.221. The van der Waals surface area contributed by atoms with Crippen LogP contribution < -0.4 is 20.7 Å². The highest BCUT2D eigenvalue weighted by molar-refractivity contribution is 14.0. The van der Waals surface area contributed by atoms with Crippen molar-refractivity contribution in [3.05, 3.63) is 65.7 Å². The first-order valence-corrected chi connectivity index (χ1v) is 9.38. The number of carbonyl (C=O) groups excluding carboxylic acids is 1. The molecule has 0 aliphatic rings. The normalized spacial score (nSPS) is 11.2. The van der Waals surface area contributed by atoms with Gasteiger partial charge in [-0.3, -0.25) is 9.79 Å².